The second-order valence-corrected chi connectivity index (χ2v) is 7.56. The van der Waals surface area contributed by atoms with E-state index in [0.717, 1.165) is 28.1 Å². The van der Waals surface area contributed by atoms with E-state index < -0.39 is 0 Å². The van der Waals surface area contributed by atoms with E-state index in [0.29, 0.717) is 22.8 Å². The number of fused-ring (bicyclic) bond motifs is 1. The van der Waals surface area contributed by atoms with E-state index >= 15 is 0 Å². The number of carbonyl (C=O) groups is 2. The molecule has 0 atom stereocenters. The van der Waals surface area contributed by atoms with Crippen LogP contribution in [0.3, 0.4) is 0 Å². The highest BCUT2D eigenvalue weighted by atomic mass is 32.2. The molecule has 5 nitrogen and oxygen atoms in total. The topological polar surface area (TPSA) is 66.8 Å². The molecule has 146 valence electrons. The highest BCUT2D eigenvalue weighted by Gasteiger charge is 2.35. The van der Waals surface area contributed by atoms with Crippen LogP contribution in [0.4, 0.5) is 4.79 Å². The summed E-state index contributed by atoms with van der Waals surface area (Å²) in [6, 6.07) is 18.6. The number of carbonyl (C=O) groups excluding carboxylic acids is 2. The van der Waals surface area contributed by atoms with Gasteiger partial charge in [-0.2, -0.15) is 0 Å². The zero-order valence-electron chi connectivity index (χ0n) is 15.8. The molecular formula is C23H19NO4S. The van der Waals surface area contributed by atoms with E-state index in [1.54, 1.807) is 18.2 Å². The van der Waals surface area contributed by atoms with Crippen LogP contribution in [0.5, 0.6) is 11.5 Å². The van der Waals surface area contributed by atoms with Gasteiger partial charge in [0.15, 0.2) is 11.5 Å². The number of nitrogens with zero attached hydrogens (tertiary/aromatic N) is 1. The first kappa shape index (κ1) is 19.1. The summed E-state index contributed by atoms with van der Waals surface area (Å²) in [5.74, 6) is 0.0586. The minimum Gasteiger partial charge on any atom is -0.504 e. The third-order valence-electron chi connectivity index (χ3n) is 4.66. The molecule has 1 saturated heterocycles. The number of benzene rings is 3. The third-order valence-corrected chi connectivity index (χ3v) is 5.57. The van der Waals surface area contributed by atoms with Crippen LogP contribution in [0.15, 0.2) is 65.6 Å². The molecule has 2 amide bonds. The molecule has 3 aromatic carbocycles. The van der Waals surface area contributed by atoms with E-state index in [-0.39, 0.29) is 23.4 Å². The Labute approximate surface area is 172 Å². The van der Waals surface area contributed by atoms with Gasteiger partial charge in [-0.05, 0) is 58.8 Å². The van der Waals surface area contributed by atoms with Gasteiger partial charge in [0.1, 0.15) is 0 Å². The van der Waals surface area contributed by atoms with Crippen molar-refractivity contribution < 1.29 is 19.4 Å². The van der Waals surface area contributed by atoms with Crippen LogP contribution in [0.25, 0.3) is 16.8 Å². The molecule has 0 unspecified atom stereocenters. The van der Waals surface area contributed by atoms with Gasteiger partial charge in [-0.1, -0.05) is 48.5 Å². The quantitative estimate of drug-likeness (QED) is 0.593. The number of hydrogen-bond donors (Lipinski definition) is 1. The maximum Gasteiger partial charge on any atom is 0.293 e. The summed E-state index contributed by atoms with van der Waals surface area (Å²) in [4.78, 5) is 27.0. The van der Waals surface area contributed by atoms with Gasteiger partial charge in [-0.3, -0.25) is 14.5 Å². The minimum atomic E-state index is -0.320. The molecule has 1 fully saturated rings. The summed E-state index contributed by atoms with van der Waals surface area (Å²) in [6.07, 6.45) is 1.65. The Balaban J connectivity index is 1.61. The van der Waals surface area contributed by atoms with Crippen LogP contribution in [0, 0.1) is 0 Å². The lowest BCUT2D eigenvalue weighted by Gasteiger charge is -2.14. The predicted octanol–water partition coefficient (Wildman–Crippen LogP) is 5.18. The summed E-state index contributed by atoms with van der Waals surface area (Å²) >= 11 is 0.920. The summed E-state index contributed by atoms with van der Waals surface area (Å²) in [5, 5.41) is 11.6. The van der Waals surface area contributed by atoms with Crippen molar-refractivity contribution in [2.45, 2.75) is 13.5 Å². The Bertz CT molecular complexity index is 1130. The molecular weight excluding hydrogens is 386 g/mol. The van der Waals surface area contributed by atoms with Crippen LogP contribution in [0.2, 0.25) is 0 Å². The van der Waals surface area contributed by atoms with Gasteiger partial charge in [0.05, 0.1) is 18.1 Å². The molecule has 4 rings (SSSR count). The molecule has 0 radical (unpaired) electrons. The molecule has 1 heterocycles. The minimum absolute atomic E-state index is 0.0352. The number of rotatable bonds is 5. The molecule has 0 spiro atoms. The van der Waals surface area contributed by atoms with Crippen molar-refractivity contribution in [3.63, 3.8) is 0 Å². The van der Waals surface area contributed by atoms with Crippen molar-refractivity contribution in [1.29, 1.82) is 0 Å². The lowest BCUT2D eigenvalue weighted by Crippen LogP contribution is -2.27. The van der Waals surface area contributed by atoms with Gasteiger partial charge in [0, 0.05) is 0 Å². The molecule has 3 aromatic rings. The number of imide groups is 1. The van der Waals surface area contributed by atoms with Crippen LogP contribution < -0.4 is 4.74 Å². The lowest BCUT2D eigenvalue weighted by molar-refractivity contribution is -0.123. The normalized spacial score (nSPS) is 15.5. The van der Waals surface area contributed by atoms with Gasteiger partial charge in [-0.15, -0.1) is 0 Å². The highest BCUT2D eigenvalue weighted by molar-refractivity contribution is 8.18. The number of aromatic hydroxyl groups is 1. The maximum atomic E-state index is 12.9. The Kier molecular flexibility index (Phi) is 5.27. The SMILES string of the molecule is CCOc1cc(/C=C2/SC(=O)N(Cc3cccc4ccccc34)C2=O)ccc1O. The molecule has 0 bridgehead atoms. The number of amides is 2. The van der Waals surface area contributed by atoms with E-state index in [2.05, 4.69) is 0 Å². The van der Waals surface area contributed by atoms with Crippen LogP contribution >= 0.6 is 11.8 Å². The van der Waals surface area contributed by atoms with Crippen molar-refractivity contribution in [2.75, 3.05) is 6.61 Å². The van der Waals surface area contributed by atoms with Crippen molar-refractivity contribution >= 4 is 39.8 Å². The summed E-state index contributed by atoms with van der Waals surface area (Å²) in [7, 11) is 0. The molecule has 1 N–H and O–H groups in total. The fourth-order valence-corrected chi connectivity index (χ4v) is 4.12. The van der Waals surface area contributed by atoms with Crippen LogP contribution in [-0.2, 0) is 11.3 Å². The highest BCUT2D eigenvalue weighted by Crippen LogP contribution is 2.35. The first-order chi connectivity index (χ1) is 14.1. The van der Waals surface area contributed by atoms with Crippen molar-refractivity contribution in [1.82, 2.24) is 4.90 Å². The average molecular weight is 405 g/mol. The fraction of sp³-hybridized carbons (Fsp3) is 0.130. The number of phenols is 1. The van der Waals surface area contributed by atoms with E-state index in [1.165, 1.54) is 11.0 Å². The number of hydrogen-bond acceptors (Lipinski definition) is 5. The van der Waals surface area contributed by atoms with Gasteiger partial charge in [0.2, 0.25) is 0 Å². The van der Waals surface area contributed by atoms with E-state index in [9.17, 15) is 14.7 Å². The average Bonchev–Trinajstić information content (AvgIpc) is 2.98. The van der Waals surface area contributed by atoms with Crippen molar-refractivity contribution in [2.24, 2.45) is 0 Å². The molecule has 1 aliphatic heterocycles. The number of ether oxygens (including phenoxy) is 1. The Hall–Kier alpha value is -3.25. The standard InChI is InChI=1S/C23H19NO4S/c1-2-28-20-12-15(10-11-19(20)25)13-21-22(26)24(23(27)29-21)14-17-8-5-7-16-6-3-4-9-18(16)17/h3-13,25H,2,14H2,1H3/b21-13+. The predicted molar refractivity (Wildman–Crippen MR) is 115 cm³/mol. The first-order valence-electron chi connectivity index (χ1n) is 9.24. The molecule has 0 aromatic heterocycles. The Morgan fingerprint density at radius 1 is 1.07 bits per heavy atom. The summed E-state index contributed by atoms with van der Waals surface area (Å²) in [5.41, 5.74) is 1.61. The molecule has 1 aliphatic rings. The third kappa shape index (κ3) is 3.84. The van der Waals surface area contributed by atoms with E-state index in [4.69, 9.17) is 4.74 Å². The second kappa shape index (κ2) is 8.01. The monoisotopic (exact) mass is 405 g/mol. The molecule has 0 aliphatic carbocycles. The fourth-order valence-electron chi connectivity index (χ4n) is 3.28. The lowest BCUT2D eigenvalue weighted by atomic mass is 10.0. The summed E-state index contributed by atoms with van der Waals surface area (Å²) < 4.78 is 5.38. The largest absolute Gasteiger partial charge is 0.504 e. The molecule has 6 heteroatoms. The zero-order valence-corrected chi connectivity index (χ0v) is 16.6. The van der Waals surface area contributed by atoms with Gasteiger partial charge in [0.25, 0.3) is 11.1 Å². The molecule has 0 saturated carbocycles. The number of thioether (sulfide) groups is 1. The Morgan fingerprint density at radius 3 is 2.69 bits per heavy atom. The van der Waals surface area contributed by atoms with Gasteiger partial charge >= 0.3 is 0 Å². The smallest absolute Gasteiger partial charge is 0.293 e. The zero-order chi connectivity index (χ0) is 20.4. The maximum absolute atomic E-state index is 12.9. The second-order valence-electron chi connectivity index (χ2n) is 6.57. The van der Waals surface area contributed by atoms with Crippen molar-refractivity contribution in [3.8, 4) is 11.5 Å². The van der Waals surface area contributed by atoms with Gasteiger partial charge in [-0.25, -0.2) is 0 Å². The van der Waals surface area contributed by atoms with E-state index in [1.807, 2.05) is 49.4 Å². The first-order valence-corrected chi connectivity index (χ1v) is 10.1. The molecule has 29 heavy (non-hydrogen) atoms. The van der Waals surface area contributed by atoms with Crippen LogP contribution in [-0.4, -0.2) is 27.8 Å². The van der Waals surface area contributed by atoms with Crippen molar-refractivity contribution in [3.05, 3.63) is 76.7 Å². The van der Waals surface area contributed by atoms with Crippen LogP contribution in [0.1, 0.15) is 18.1 Å². The number of phenolic OH excluding ortho intramolecular Hbond substituents is 1. The summed E-state index contributed by atoms with van der Waals surface area (Å²) in [6.45, 7) is 2.46. The van der Waals surface area contributed by atoms with Gasteiger partial charge < -0.3 is 9.84 Å². The Morgan fingerprint density at radius 2 is 1.86 bits per heavy atom.